The zero-order valence-electron chi connectivity index (χ0n) is 16.3. The second-order valence-electron chi connectivity index (χ2n) is 6.94. The van der Waals surface area contributed by atoms with Crippen LogP contribution < -0.4 is 10.6 Å². The van der Waals surface area contributed by atoms with Gasteiger partial charge in [0.05, 0.1) is 5.56 Å². The van der Waals surface area contributed by atoms with E-state index in [9.17, 15) is 18.8 Å². The molecular formula is C21H24FN3O3. The lowest BCUT2D eigenvalue weighted by molar-refractivity contribution is -0.118. The fourth-order valence-electron chi connectivity index (χ4n) is 2.57. The molecule has 0 radical (unpaired) electrons. The SMILES string of the molecule is CC(C)[C@H](NC(=O)c1ccccc1F)C(=O)Nc1ccc(C(=O)N(C)C)cc1. The largest absolute Gasteiger partial charge is 0.345 e. The third-order valence-electron chi connectivity index (χ3n) is 4.16. The van der Waals surface area contributed by atoms with Crippen molar-refractivity contribution in [2.75, 3.05) is 19.4 Å². The Hall–Kier alpha value is -3.22. The van der Waals surface area contributed by atoms with E-state index in [2.05, 4.69) is 10.6 Å². The Morgan fingerprint density at radius 2 is 1.57 bits per heavy atom. The number of nitrogens with zero attached hydrogens (tertiary/aromatic N) is 1. The van der Waals surface area contributed by atoms with Gasteiger partial charge >= 0.3 is 0 Å². The third-order valence-corrected chi connectivity index (χ3v) is 4.16. The number of hydrogen-bond donors (Lipinski definition) is 2. The molecule has 0 aliphatic rings. The Balaban J connectivity index is 2.10. The fourth-order valence-corrected chi connectivity index (χ4v) is 2.57. The minimum absolute atomic E-state index is 0.118. The maximum absolute atomic E-state index is 13.8. The standard InChI is InChI=1S/C21H24FN3O3/c1-13(2)18(24-19(26)16-7-5-6-8-17(16)22)20(27)23-15-11-9-14(10-12-15)21(28)25(3)4/h5-13,18H,1-4H3,(H,23,27)(H,24,26)/t18-/m0/s1. The minimum Gasteiger partial charge on any atom is -0.345 e. The molecular weight excluding hydrogens is 361 g/mol. The van der Waals surface area contributed by atoms with E-state index >= 15 is 0 Å². The highest BCUT2D eigenvalue weighted by Gasteiger charge is 2.25. The second kappa shape index (κ2) is 9.12. The van der Waals surface area contributed by atoms with Gasteiger partial charge in [-0.15, -0.1) is 0 Å². The van der Waals surface area contributed by atoms with Crippen molar-refractivity contribution in [3.05, 3.63) is 65.5 Å². The van der Waals surface area contributed by atoms with Crippen LogP contribution in [0.2, 0.25) is 0 Å². The summed E-state index contributed by atoms with van der Waals surface area (Å²) in [6, 6.07) is 11.2. The van der Waals surface area contributed by atoms with Gasteiger partial charge in [-0.25, -0.2) is 4.39 Å². The highest BCUT2D eigenvalue weighted by molar-refractivity contribution is 6.01. The normalized spacial score (nSPS) is 11.6. The monoisotopic (exact) mass is 385 g/mol. The highest BCUT2D eigenvalue weighted by Crippen LogP contribution is 2.14. The van der Waals surface area contributed by atoms with Crippen LogP contribution in [0.1, 0.15) is 34.6 Å². The van der Waals surface area contributed by atoms with Crippen molar-refractivity contribution in [2.45, 2.75) is 19.9 Å². The molecule has 0 heterocycles. The van der Waals surface area contributed by atoms with E-state index in [1.54, 1.807) is 58.3 Å². The molecule has 0 aromatic heterocycles. The molecule has 1 atom stereocenters. The van der Waals surface area contributed by atoms with Gasteiger partial charge in [0, 0.05) is 25.3 Å². The molecule has 2 N–H and O–H groups in total. The van der Waals surface area contributed by atoms with Crippen molar-refractivity contribution < 1.29 is 18.8 Å². The number of carbonyl (C=O) groups is 3. The Morgan fingerprint density at radius 1 is 0.964 bits per heavy atom. The van der Waals surface area contributed by atoms with Crippen LogP contribution in [-0.4, -0.2) is 42.8 Å². The van der Waals surface area contributed by atoms with Gasteiger partial charge in [-0.05, 0) is 42.3 Å². The van der Waals surface area contributed by atoms with Crippen molar-refractivity contribution in [2.24, 2.45) is 5.92 Å². The summed E-state index contributed by atoms with van der Waals surface area (Å²) in [6.45, 7) is 3.56. The van der Waals surface area contributed by atoms with E-state index in [-0.39, 0.29) is 17.4 Å². The summed E-state index contributed by atoms with van der Waals surface area (Å²) in [6.07, 6.45) is 0. The number of benzene rings is 2. The molecule has 0 aliphatic carbocycles. The molecule has 28 heavy (non-hydrogen) atoms. The predicted molar refractivity (Wildman–Crippen MR) is 106 cm³/mol. The molecule has 148 valence electrons. The number of hydrogen-bond acceptors (Lipinski definition) is 3. The number of anilines is 1. The molecule has 7 heteroatoms. The van der Waals surface area contributed by atoms with Crippen LogP contribution in [0.4, 0.5) is 10.1 Å². The average Bonchev–Trinajstić information content (AvgIpc) is 2.65. The number of rotatable bonds is 6. The van der Waals surface area contributed by atoms with Crippen LogP contribution in [0.5, 0.6) is 0 Å². The molecule has 0 saturated carbocycles. The maximum Gasteiger partial charge on any atom is 0.254 e. The summed E-state index contributed by atoms with van der Waals surface area (Å²) in [4.78, 5) is 38.4. The summed E-state index contributed by atoms with van der Waals surface area (Å²) in [7, 11) is 3.31. The van der Waals surface area contributed by atoms with Crippen LogP contribution in [0.15, 0.2) is 48.5 Å². The Labute approximate surface area is 163 Å². The van der Waals surface area contributed by atoms with Gasteiger partial charge in [0.2, 0.25) is 5.91 Å². The Bertz CT molecular complexity index is 863. The first-order chi connectivity index (χ1) is 13.2. The van der Waals surface area contributed by atoms with Crippen LogP contribution in [0, 0.1) is 11.7 Å². The van der Waals surface area contributed by atoms with Crippen LogP contribution in [-0.2, 0) is 4.79 Å². The van der Waals surface area contributed by atoms with Crippen molar-refractivity contribution >= 4 is 23.4 Å². The lowest BCUT2D eigenvalue weighted by Crippen LogP contribution is -2.47. The predicted octanol–water partition coefficient (Wildman–Crippen LogP) is 2.92. The number of halogens is 1. The molecule has 0 aliphatic heterocycles. The topological polar surface area (TPSA) is 78.5 Å². The average molecular weight is 385 g/mol. The molecule has 0 saturated heterocycles. The van der Waals surface area contributed by atoms with Gasteiger partial charge in [-0.3, -0.25) is 14.4 Å². The lowest BCUT2D eigenvalue weighted by atomic mass is 10.0. The first-order valence-electron chi connectivity index (χ1n) is 8.88. The summed E-state index contributed by atoms with van der Waals surface area (Å²) in [5, 5.41) is 5.30. The van der Waals surface area contributed by atoms with Crippen LogP contribution >= 0.6 is 0 Å². The van der Waals surface area contributed by atoms with Gasteiger partial charge in [0.25, 0.3) is 11.8 Å². The van der Waals surface area contributed by atoms with E-state index in [4.69, 9.17) is 0 Å². The molecule has 0 fully saturated rings. The molecule has 2 rings (SSSR count). The number of carbonyl (C=O) groups excluding carboxylic acids is 3. The van der Waals surface area contributed by atoms with Gasteiger partial charge in [0.1, 0.15) is 11.9 Å². The summed E-state index contributed by atoms with van der Waals surface area (Å²) < 4.78 is 13.8. The fraction of sp³-hybridized carbons (Fsp3) is 0.286. The van der Waals surface area contributed by atoms with Crippen molar-refractivity contribution in [3.63, 3.8) is 0 Å². The highest BCUT2D eigenvalue weighted by atomic mass is 19.1. The lowest BCUT2D eigenvalue weighted by Gasteiger charge is -2.22. The van der Waals surface area contributed by atoms with Gasteiger partial charge < -0.3 is 15.5 Å². The number of nitrogens with one attached hydrogen (secondary N) is 2. The van der Waals surface area contributed by atoms with Crippen molar-refractivity contribution in [3.8, 4) is 0 Å². The van der Waals surface area contributed by atoms with Crippen LogP contribution in [0.3, 0.4) is 0 Å². The third kappa shape index (κ3) is 5.16. The number of amides is 3. The molecule has 2 aromatic carbocycles. The quantitative estimate of drug-likeness (QED) is 0.803. The Kier molecular flexibility index (Phi) is 6.87. The first kappa shape index (κ1) is 21.1. The molecule has 2 aromatic rings. The smallest absolute Gasteiger partial charge is 0.254 e. The van der Waals surface area contributed by atoms with Crippen molar-refractivity contribution in [1.29, 1.82) is 0 Å². The summed E-state index contributed by atoms with van der Waals surface area (Å²) >= 11 is 0. The van der Waals surface area contributed by atoms with Crippen LogP contribution in [0.25, 0.3) is 0 Å². The molecule has 0 bridgehead atoms. The van der Waals surface area contributed by atoms with Gasteiger partial charge in [0.15, 0.2) is 0 Å². The first-order valence-corrected chi connectivity index (χ1v) is 8.88. The summed E-state index contributed by atoms with van der Waals surface area (Å²) in [5.74, 6) is -2.09. The van der Waals surface area contributed by atoms with E-state index in [1.165, 1.54) is 23.1 Å². The van der Waals surface area contributed by atoms with Crippen molar-refractivity contribution in [1.82, 2.24) is 10.2 Å². The van der Waals surface area contributed by atoms with E-state index in [0.717, 1.165) is 0 Å². The molecule has 0 spiro atoms. The Morgan fingerprint density at radius 3 is 2.11 bits per heavy atom. The van der Waals surface area contributed by atoms with Gasteiger partial charge in [-0.2, -0.15) is 0 Å². The maximum atomic E-state index is 13.8. The zero-order valence-corrected chi connectivity index (χ0v) is 16.3. The molecule has 3 amide bonds. The summed E-state index contributed by atoms with van der Waals surface area (Å²) in [5.41, 5.74) is 0.870. The zero-order chi connectivity index (χ0) is 20.8. The van der Waals surface area contributed by atoms with Gasteiger partial charge in [-0.1, -0.05) is 26.0 Å². The second-order valence-corrected chi connectivity index (χ2v) is 6.94. The molecule has 0 unspecified atom stereocenters. The van der Waals surface area contributed by atoms with E-state index in [0.29, 0.717) is 11.3 Å². The van der Waals surface area contributed by atoms with E-state index in [1.807, 2.05) is 0 Å². The minimum atomic E-state index is -0.852. The van der Waals surface area contributed by atoms with E-state index < -0.39 is 23.7 Å². The molecule has 6 nitrogen and oxygen atoms in total.